The summed E-state index contributed by atoms with van der Waals surface area (Å²) in [4.78, 5) is 25.3. The largest absolute Gasteiger partial charge is 0.476 e. The van der Waals surface area contributed by atoms with Crippen LogP contribution in [0.2, 0.25) is 0 Å². The molecule has 0 aromatic carbocycles. The second-order valence-corrected chi connectivity index (χ2v) is 6.78. The number of hydrazine groups is 1. The fraction of sp³-hybridized carbons (Fsp3) is 0.684. The third-order valence-electron chi connectivity index (χ3n) is 3.94. The first-order valence-electron chi connectivity index (χ1n) is 9.00. The van der Waals surface area contributed by atoms with Gasteiger partial charge in [0.05, 0.1) is 13.2 Å². The minimum Gasteiger partial charge on any atom is -0.476 e. The Bertz CT molecular complexity index is 539. The third-order valence-corrected chi connectivity index (χ3v) is 3.94. The smallest absolute Gasteiger partial charge is 0.349 e. The number of carbonyl (C=O) groups excluding carboxylic acids is 2. The van der Waals surface area contributed by atoms with Gasteiger partial charge in [0.15, 0.2) is 5.60 Å². The number of nitrogens with two attached hydrogens (primary N) is 1. The minimum absolute atomic E-state index is 0.227. The lowest BCUT2D eigenvalue weighted by Gasteiger charge is -2.27. The SMILES string of the molecule is CCOC(=O)C(C)(C)OC(/C(C)=C\CCN(C)CC(=O)NN)=C(\C)CC. The lowest BCUT2D eigenvalue weighted by molar-refractivity contribution is -0.163. The molecular formula is C19H35N3O4. The molecular weight excluding hydrogens is 334 g/mol. The molecule has 26 heavy (non-hydrogen) atoms. The van der Waals surface area contributed by atoms with Gasteiger partial charge in [0.1, 0.15) is 5.76 Å². The molecule has 3 N–H and O–H groups in total. The Balaban J connectivity index is 5.09. The molecule has 0 saturated heterocycles. The maximum absolute atomic E-state index is 12.1. The second-order valence-electron chi connectivity index (χ2n) is 6.78. The van der Waals surface area contributed by atoms with Gasteiger partial charge in [-0.25, -0.2) is 10.6 Å². The highest BCUT2D eigenvalue weighted by atomic mass is 16.6. The molecule has 0 spiro atoms. The monoisotopic (exact) mass is 369 g/mol. The Labute approximate surface area is 157 Å². The van der Waals surface area contributed by atoms with Gasteiger partial charge >= 0.3 is 5.97 Å². The molecule has 1 amide bonds. The van der Waals surface area contributed by atoms with Gasteiger partial charge in [0.2, 0.25) is 5.91 Å². The Morgan fingerprint density at radius 1 is 1.23 bits per heavy atom. The molecule has 0 aromatic heterocycles. The van der Waals surface area contributed by atoms with E-state index in [9.17, 15) is 9.59 Å². The molecule has 0 radical (unpaired) electrons. The number of ether oxygens (including phenoxy) is 2. The van der Waals surface area contributed by atoms with E-state index >= 15 is 0 Å². The van der Waals surface area contributed by atoms with E-state index < -0.39 is 5.60 Å². The minimum atomic E-state index is -1.06. The van der Waals surface area contributed by atoms with E-state index in [2.05, 4.69) is 5.43 Å². The first-order chi connectivity index (χ1) is 12.1. The zero-order valence-electron chi connectivity index (χ0n) is 17.3. The Kier molecular flexibility index (Phi) is 10.9. The summed E-state index contributed by atoms with van der Waals surface area (Å²) in [6, 6.07) is 0. The van der Waals surface area contributed by atoms with Gasteiger partial charge in [-0.15, -0.1) is 0 Å². The van der Waals surface area contributed by atoms with Crippen molar-refractivity contribution in [1.29, 1.82) is 0 Å². The topological polar surface area (TPSA) is 93.9 Å². The van der Waals surface area contributed by atoms with Gasteiger partial charge in [-0.3, -0.25) is 15.1 Å². The van der Waals surface area contributed by atoms with Gasteiger partial charge in [0, 0.05) is 6.54 Å². The predicted molar refractivity (Wildman–Crippen MR) is 103 cm³/mol. The van der Waals surface area contributed by atoms with Crippen molar-refractivity contribution < 1.29 is 19.1 Å². The molecule has 7 nitrogen and oxygen atoms in total. The zero-order chi connectivity index (χ0) is 20.3. The van der Waals surface area contributed by atoms with Crippen molar-refractivity contribution >= 4 is 11.9 Å². The average molecular weight is 370 g/mol. The molecule has 0 fully saturated rings. The van der Waals surface area contributed by atoms with Gasteiger partial charge in [0.25, 0.3) is 0 Å². The second kappa shape index (κ2) is 11.7. The molecule has 0 aliphatic rings. The van der Waals surface area contributed by atoms with Gasteiger partial charge in [-0.2, -0.15) is 0 Å². The highest BCUT2D eigenvalue weighted by molar-refractivity contribution is 5.78. The van der Waals surface area contributed by atoms with Gasteiger partial charge < -0.3 is 9.47 Å². The normalized spacial score (nSPS) is 13.3. The molecule has 7 heteroatoms. The van der Waals surface area contributed by atoms with E-state index in [1.54, 1.807) is 20.8 Å². The number of allylic oxidation sites excluding steroid dienone is 2. The third kappa shape index (κ3) is 8.49. The van der Waals surface area contributed by atoms with Crippen molar-refractivity contribution in [1.82, 2.24) is 10.3 Å². The van der Waals surface area contributed by atoms with Crippen molar-refractivity contribution in [3.05, 3.63) is 23.0 Å². The van der Waals surface area contributed by atoms with Crippen molar-refractivity contribution in [2.75, 3.05) is 26.7 Å². The summed E-state index contributed by atoms with van der Waals surface area (Å²) in [6.07, 6.45) is 3.60. The van der Waals surface area contributed by atoms with Crippen LogP contribution in [0.5, 0.6) is 0 Å². The molecule has 0 atom stereocenters. The number of nitrogens with one attached hydrogen (secondary N) is 1. The summed E-state index contributed by atoms with van der Waals surface area (Å²) in [5, 5.41) is 0. The molecule has 150 valence electrons. The number of carbonyl (C=O) groups is 2. The van der Waals surface area contributed by atoms with E-state index in [-0.39, 0.29) is 18.4 Å². The summed E-state index contributed by atoms with van der Waals surface area (Å²) in [5.74, 6) is 5.19. The lowest BCUT2D eigenvalue weighted by atomic mass is 10.1. The first-order valence-corrected chi connectivity index (χ1v) is 9.00. The van der Waals surface area contributed by atoms with E-state index in [4.69, 9.17) is 15.3 Å². The van der Waals surface area contributed by atoms with Gasteiger partial charge in [-0.1, -0.05) is 13.0 Å². The predicted octanol–water partition coefficient (Wildman–Crippen LogP) is 2.29. The van der Waals surface area contributed by atoms with Crippen LogP contribution in [-0.2, 0) is 19.1 Å². The maximum atomic E-state index is 12.1. The number of likely N-dealkylation sites (N-methyl/N-ethyl adjacent to an activating group) is 1. The van der Waals surface area contributed by atoms with Crippen LogP contribution in [0.4, 0.5) is 0 Å². The molecule has 0 rings (SSSR count). The number of hydrogen-bond acceptors (Lipinski definition) is 6. The maximum Gasteiger partial charge on any atom is 0.349 e. The highest BCUT2D eigenvalue weighted by Crippen LogP contribution is 2.26. The lowest BCUT2D eigenvalue weighted by Crippen LogP contribution is -2.39. The summed E-state index contributed by atoms with van der Waals surface area (Å²) in [6.45, 7) is 12.4. The highest BCUT2D eigenvalue weighted by Gasteiger charge is 2.33. The molecule has 0 bridgehead atoms. The molecule has 0 aromatic rings. The van der Waals surface area contributed by atoms with Crippen LogP contribution in [-0.4, -0.2) is 49.1 Å². The number of nitrogens with zero attached hydrogens (tertiary/aromatic N) is 1. The van der Waals surface area contributed by atoms with Crippen LogP contribution in [0.15, 0.2) is 23.0 Å². The van der Waals surface area contributed by atoms with Crippen LogP contribution in [0.1, 0.15) is 54.4 Å². The summed E-state index contributed by atoms with van der Waals surface area (Å²) in [7, 11) is 1.85. The van der Waals surface area contributed by atoms with E-state index in [1.807, 2.05) is 38.8 Å². The van der Waals surface area contributed by atoms with Crippen molar-refractivity contribution in [3.63, 3.8) is 0 Å². The van der Waals surface area contributed by atoms with Crippen LogP contribution >= 0.6 is 0 Å². The first kappa shape index (κ1) is 24.1. The number of hydrogen-bond donors (Lipinski definition) is 2. The van der Waals surface area contributed by atoms with Crippen molar-refractivity contribution in [2.45, 2.75) is 60.0 Å². The standard InChI is InChI=1S/C19H35N3O4/c1-8-14(3)17(26-19(5,6)18(24)25-9-2)15(4)11-10-12-22(7)13-16(23)21-20/h11H,8-10,12-13,20H2,1-7H3,(H,21,23)/b15-11-,17-14+. The Morgan fingerprint density at radius 2 is 1.85 bits per heavy atom. The van der Waals surface area contributed by atoms with E-state index in [0.717, 1.165) is 24.0 Å². The zero-order valence-corrected chi connectivity index (χ0v) is 17.3. The van der Waals surface area contributed by atoms with Crippen LogP contribution in [0, 0.1) is 0 Å². The molecule has 0 unspecified atom stereocenters. The van der Waals surface area contributed by atoms with E-state index in [1.165, 1.54) is 0 Å². The van der Waals surface area contributed by atoms with Crippen LogP contribution < -0.4 is 11.3 Å². The number of esters is 1. The Morgan fingerprint density at radius 3 is 2.35 bits per heavy atom. The summed E-state index contributed by atoms with van der Waals surface area (Å²) >= 11 is 0. The fourth-order valence-corrected chi connectivity index (χ4v) is 2.23. The quantitative estimate of drug-likeness (QED) is 0.145. The average Bonchev–Trinajstić information content (AvgIpc) is 2.58. The molecule has 0 saturated carbocycles. The van der Waals surface area contributed by atoms with Crippen molar-refractivity contribution in [3.8, 4) is 0 Å². The fourth-order valence-electron chi connectivity index (χ4n) is 2.23. The van der Waals surface area contributed by atoms with Crippen LogP contribution in [0.25, 0.3) is 0 Å². The molecule has 0 aliphatic carbocycles. The van der Waals surface area contributed by atoms with Gasteiger partial charge in [-0.05, 0) is 65.7 Å². The molecule has 0 heterocycles. The molecule has 0 aliphatic heterocycles. The number of rotatable bonds is 11. The summed E-state index contributed by atoms with van der Waals surface area (Å²) < 4.78 is 11.1. The Hall–Kier alpha value is -1.86. The van der Waals surface area contributed by atoms with E-state index in [0.29, 0.717) is 18.9 Å². The number of amides is 1. The van der Waals surface area contributed by atoms with Crippen LogP contribution in [0.3, 0.4) is 0 Å². The summed E-state index contributed by atoms with van der Waals surface area (Å²) in [5.41, 5.74) is 3.07. The van der Waals surface area contributed by atoms with Crippen molar-refractivity contribution in [2.24, 2.45) is 5.84 Å².